The largest absolute Gasteiger partial charge is 0.310 e. The first-order valence-electron chi connectivity index (χ1n) is 6.18. The second-order valence-electron chi connectivity index (χ2n) is 4.88. The van der Waals surface area contributed by atoms with Gasteiger partial charge in [0.05, 0.1) is 16.4 Å². The van der Waals surface area contributed by atoms with Gasteiger partial charge in [0, 0.05) is 26.2 Å². The van der Waals surface area contributed by atoms with Crippen LogP contribution < -0.4 is 5.32 Å². The minimum absolute atomic E-state index is 0.670. The third-order valence-corrected chi connectivity index (χ3v) is 4.10. The van der Waals surface area contributed by atoms with E-state index in [1.54, 1.807) is 0 Å². The van der Waals surface area contributed by atoms with Crippen molar-refractivity contribution in [3.63, 3.8) is 0 Å². The first-order valence-corrected chi connectivity index (χ1v) is 6.56. The Morgan fingerprint density at radius 1 is 1.47 bits per heavy atom. The summed E-state index contributed by atoms with van der Waals surface area (Å²) in [5.74, 6) is 0. The number of hydrogen-bond acceptors (Lipinski definition) is 3. The molecule has 17 heavy (non-hydrogen) atoms. The van der Waals surface area contributed by atoms with Crippen molar-refractivity contribution in [1.82, 2.24) is 20.0 Å². The van der Waals surface area contributed by atoms with E-state index in [0.29, 0.717) is 6.04 Å². The van der Waals surface area contributed by atoms with Gasteiger partial charge in [-0.1, -0.05) is 11.6 Å². The average Bonchev–Trinajstić information content (AvgIpc) is 2.78. The highest BCUT2D eigenvalue weighted by molar-refractivity contribution is 6.31. The van der Waals surface area contributed by atoms with E-state index in [1.807, 2.05) is 18.7 Å². The van der Waals surface area contributed by atoms with Gasteiger partial charge in [-0.2, -0.15) is 5.10 Å². The molecular weight excluding hydrogens is 236 g/mol. The van der Waals surface area contributed by atoms with E-state index in [1.165, 1.54) is 19.4 Å². The van der Waals surface area contributed by atoms with Crippen molar-refractivity contribution in [2.45, 2.75) is 32.4 Å². The first kappa shape index (κ1) is 12.9. The predicted octanol–water partition coefficient (Wildman–Crippen LogP) is 1.57. The molecular formula is C12H21ClN4. The maximum Gasteiger partial charge on any atom is 0.0860 e. The highest BCUT2D eigenvalue weighted by atomic mass is 35.5. The number of likely N-dealkylation sites (N-methyl/N-ethyl adjacent to an activating group) is 1. The normalized spacial score (nSPS) is 21.3. The van der Waals surface area contributed by atoms with Crippen molar-refractivity contribution in [2.24, 2.45) is 7.05 Å². The molecule has 0 amide bonds. The third-order valence-electron chi connectivity index (χ3n) is 3.61. The summed E-state index contributed by atoms with van der Waals surface area (Å²) >= 11 is 6.20. The lowest BCUT2D eigenvalue weighted by atomic mass is 10.2. The van der Waals surface area contributed by atoms with Crippen LogP contribution in [0.15, 0.2) is 0 Å². The summed E-state index contributed by atoms with van der Waals surface area (Å²) in [5, 5.41) is 8.58. The summed E-state index contributed by atoms with van der Waals surface area (Å²) in [6.45, 7) is 4.98. The van der Waals surface area contributed by atoms with Crippen molar-refractivity contribution in [3.8, 4) is 0 Å². The van der Waals surface area contributed by atoms with E-state index < -0.39 is 0 Å². The SMILES string of the molecule is Cc1nn(C)c(CNCC2CCCN2C)c1Cl. The van der Waals surface area contributed by atoms with Crippen molar-refractivity contribution >= 4 is 11.6 Å². The Bertz CT molecular complexity index is 388. The standard InChI is InChI=1S/C12H21ClN4/c1-9-12(13)11(17(3)15-9)8-14-7-10-5-4-6-16(10)2/h10,14H,4-8H2,1-3H3. The van der Waals surface area contributed by atoms with Gasteiger partial charge in [0.15, 0.2) is 0 Å². The summed E-state index contributed by atoms with van der Waals surface area (Å²) in [7, 11) is 4.14. The minimum atomic E-state index is 0.670. The van der Waals surface area contributed by atoms with E-state index in [2.05, 4.69) is 22.4 Å². The molecule has 0 aromatic carbocycles. The molecule has 0 saturated carbocycles. The molecule has 1 unspecified atom stereocenters. The molecule has 1 saturated heterocycles. The predicted molar refractivity (Wildman–Crippen MR) is 70.3 cm³/mol. The zero-order chi connectivity index (χ0) is 12.4. The van der Waals surface area contributed by atoms with Crippen LogP contribution in [0.25, 0.3) is 0 Å². The molecule has 2 rings (SSSR count). The van der Waals surface area contributed by atoms with Crippen LogP contribution in [0.5, 0.6) is 0 Å². The van der Waals surface area contributed by atoms with Crippen LogP contribution in [-0.4, -0.2) is 40.9 Å². The van der Waals surface area contributed by atoms with Gasteiger partial charge in [-0.25, -0.2) is 0 Å². The fraction of sp³-hybridized carbons (Fsp3) is 0.750. The van der Waals surface area contributed by atoms with E-state index >= 15 is 0 Å². The molecule has 1 fully saturated rings. The zero-order valence-electron chi connectivity index (χ0n) is 10.8. The van der Waals surface area contributed by atoms with E-state index in [4.69, 9.17) is 11.6 Å². The highest BCUT2D eigenvalue weighted by Gasteiger charge is 2.20. The van der Waals surface area contributed by atoms with Gasteiger partial charge in [0.1, 0.15) is 0 Å². The molecule has 4 nitrogen and oxygen atoms in total. The van der Waals surface area contributed by atoms with Crippen molar-refractivity contribution in [3.05, 3.63) is 16.4 Å². The fourth-order valence-corrected chi connectivity index (χ4v) is 2.69. The topological polar surface area (TPSA) is 33.1 Å². The van der Waals surface area contributed by atoms with Crippen LogP contribution in [0.3, 0.4) is 0 Å². The van der Waals surface area contributed by atoms with Crippen molar-refractivity contribution in [2.75, 3.05) is 20.1 Å². The van der Waals surface area contributed by atoms with Crippen LogP contribution in [0.1, 0.15) is 24.2 Å². The number of hydrogen-bond donors (Lipinski definition) is 1. The van der Waals surface area contributed by atoms with Gasteiger partial charge in [0.2, 0.25) is 0 Å². The molecule has 0 aliphatic carbocycles. The number of aromatic nitrogens is 2. The fourth-order valence-electron chi connectivity index (χ4n) is 2.47. The summed E-state index contributed by atoms with van der Waals surface area (Å²) in [6, 6.07) is 0.670. The Kier molecular flexibility index (Phi) is 4.07. The number of nitrogens with one attached hydrogen (secondary N) is 1. The Hall–Kier alpha value is -0.580. The Morgan fingerprint density at radius 3 is 2.76 bits per heavy atom. The van der Waals surface area contributed by atoms with Crippen LogP contribution in [-0.2, 0) is 13.6 Å². The number of halogens is 1. The summed E-state index contributed by atoms with van der Waals surface area (Å²) < 4.78 is 1.86. The summed E-state index contributed by atoms with van der Waals surface area (Å²) in [6.07, 6.45) is 2.61. The van der Waals surface area contributed by atoms with Crippen molar-refractivity contribution in [1.29, 1.82) is 0 Å². The number of nitrogens with zero attached hydrogens (tertiary/aromatic N) is 3. The molecule has 1 N–H and O–H groups in total. The van der Waals surface area contributed by atoms with Crippen molar-refractivity contribution < 1.29 is 0 Å². The number of aryl methyl sites for hydroxylation is 2. The maximum absolute atomic E-state index is 6.20. The smallest absolute Gasteiger partial charge is 0.0860 e. The second-order valence-corrected chi connectivity index (χ2v) is 5.26. The first-order chi connectivity index (χ1) is 8.09. The maximum atomic E-state index is 6.20. The second kappa shape index (κ2) is 5.38. The molecule has 1 atom stereocenters. The Morgan fingerprint density at radius 2 is 2.24 bits per heavy atom. The minimum Gasteiger partial charge on any atom is -0.310 e. The monoisotopic (exact) mass is 256 g/mol. The van der Waals surface area contributed by atoms with Crippen LogP contribution in [0.2, 0.25) is 5.02 Å². The zero-order valence-corrected chi connectivity index (χ0v) is 11.6. The van der Waals surface area contributed by atoms with Crippen LogP contribution >= 0.6 is 11.6 Å². The number of likely N-dealkylation sites (tertiary alicyclic amines) is 1. The van der Waals surface area contributed by atoms with Crippen LogP contribution in [0.4, 0.5) is 0 Å². The van der Waals surface area contributed by atoms with Gasteiger partial charge in [-0.05, 0) is 33.4 Å². The lowest BCUT2D eigenvalue weighted by Crippen LogP contribution is -2.35. The van der Waals surface area contributed by atoms with Gasteiger partial charge in [-0.15, -0.1) is 0 Å². The average molecular weight is 257 g/mol. The quantitative estimate of drug-likeness (QED) is 0.888. The molecule has 0 bridgehead atoms. The lowest BCUT2D eigenvalue weighted by molar-refractivity contribution is 0.299. The van der Waals surface area contributed by atoms with E-state index in [-0.39, 0.29) is 0 Å². The molecule has 96 valence electrons. The lowest BCUT2D eigenvalue weighted by Gasteiger charge is -2.19. The number of rotatable bonds is 4. The van der Waals surface area contributed by atoms with Gasteiger partial charge < -0.3 is 10.2 Å². The van der Waals surface area contributed by atoms with Gasteiger partial charge in [-0.3, -0.25) is 4.68 Å². The van der Waals surface area contributed by atoms with Crippen LogP contribution in [0, 0.1) is 6.92 Å². The molecule has 1 aromatic rings. The Balaban J connectivity index is 1.85. The van der Waals surface area contributed by atoms with E-state index in [0.717, 1.165) is 29.5 Å². The van der Waals surface area contributed by atoms with Gasteiger partial charge >= 0.3 is 0 Å². The molecule has 1 aliphatic rings. The Labute approximate surface area is 108 Å². The molecule has 2 heterocycles. The molecule has 0 radical (unpaired) electrons. The van der Waals surface area contributed by atoms with Gasteiger partial charge in [0.25, 0.3) is 0 Å². The highest BCUT2D eigenvalue weighted by Crippen LogP contribution is 2.19. The summed E-state index contributed by atoms with van der Waals surface area (Å²) in [4.78, 5) is 2.42. The van der Waals surface area contributed by atoms with E-state index in [9.17, 15) is 0 Å². The molecule has 1 aliphatic heterocycles. The third kappa shape index (κ3) is 2.81. The summed E-state index contributed by atoms with van der Waals surface area (Å²) in [5.41, 5.74) is 1.98. The molecule has 1 aromatic heterocycles. The molecule has 0 spiro atoms. The molecule has 5 heteroatoms.